The standard InChI is InChI=1S/C26H26ClFN4S/c1-3-17-5-7-18(8-6-17)22-21(4-2)33-25-23(22)24(29-26(27)30-25)32-15-13-31(14-16-32)20-11-9-19(28)10-12-20/h5-12H,3-4,13-16H2,1-2H3. The Hall–Kier alpha value is -2.70. The van der Waals surface area contributed by atoms with Gasteiger partial charge >= 0.3 is 0 Å². The summed E-state index contributed by atoms with van der Waals surface area (Å²) in [5, 5.41) is 1.39. The fraction of sp³-hybridized carbons (Fsp3) is 0.308. The van der Waals surface area contributed by atoms with Crippen molar-refractivity contribution in [3.8, 4) is 11.1 Å². The molecule has 0 unspecified atom stereocenters. The number of hydrogen-bond acceptors (Lipinski definition) is 5. The Kier molecular flexibility index (Phi) is 6.21. The Labute approximate surface area is 202 Å². The van der Waals surface area contributed by atoms with Crippen molar-refractivity contribution in [2.45, 2.75) is 26.7 Å². The summed E-state index contributed by atoms with van der Waals surface area (Å²) in [5.74, 6) is 0.702. The second-order valence-corrected chi connectivity index (χ2v) is 9.67. The monoisotopic (exact) mass is 480 g/mol. The minimum absolute atomic E-state index is 0.209. The van der Waals surface area contributed by atoms with E-state index in [4.69, 9.17) is 16.6 Å². The maximum absolute atomic E-state index is 13.3. The highest BCUT2D eigenvalue weighted by atomic mass is 35.5. The van der Waals surface area contributed by atoms with Gasteiger partial charge in [-0.05, 0) is 59.8 Å². The third-order valence-corrected chi connectivity index (χ3v) is 7.72. The summed E-state index contributed by atoms with van der Waals surface area (Å²) >= 11 is 8.10. The van der Waals surface area contributed by atoms with E-state index in [9.17, 15) is 4.39 Å². The van der Waals surface area contributed by atoms with Gasteiger partial charge < -0.3 is 9.80 Å². The van der Waals surface area contributed by atoms with Gasteiger partial charge in [-0.3, -0.25) is 0 Å². The maximum Gasteiger partial charge on any atom is 0.225 e. The normalized spacial score (nSPS) is 14.3. The Bertz CT molecular complexity index is 1260. The van der Waals surface area contributed by atoms with Crippen molar-refractivity contribution in [3.05, 3.63) is 70.1 Å². The third-order valence-electron chi connectivity index (χ3n) is 6.32. The molecule has 0 radical (unpaired) electrons. The van der Waals surface area contributed by atoms with Crippen LogP contribution in [0.4, 0.5) is 15.9 Å². The highest BCUT2D eigenvalue weighted by molar-refractivity contribution is 7.19. The van der Waals surface area contributed by atoms with Crippen molar-refractivity contribution >= 4 is 44.7 Å². The van der Waals surface area contributed by atoms with Crippen LogP contribution in [0.3, 0.4) is 0 Å². The van der Waals surface area contributed by atoms with Crippen LogP contribution in [0.15, 0.2) is 48.5 Å². The lowest BCUT2D eigenvalue weighted by atomic mass is 10.00. The van der Waals surface area contributed by atoms with E-state index in [1.807, 2.05) is 12.1 Å². The number of benzene rings is 2. The van der Waals surface area contributed by atoms with E-state index in [0.29, 0.717) is 0 Å². The maximum atomic E-state index is 13.3. The van der Waals surface area contributed by atoms with Gasteiger partial charge in [0.05, 0.1) is 5.39 Å². The summed E-state index contributed by atoms with van der Waals surface area (Å²) < 4.78 is 13.3. The van der Waals surface area contributed by atoms with E-state index in [1.165, 1.54) is 33.7 Å². The molecule has 0 atom stereocenters. The summed E-state index contributed by atoms with van der Waals surface area (Å²) in [6, 6.07) is 15.6. The van der Waals surface area contributed by atoms with Crippen molar-refractivity contribution < 1.29 is 4.39 Å². The van der Waals surface area contributed by atoms with Gasteiger partial charge in [0.15, 0.2) is 0 Å². The zero-order valence-electron chi connectivity index (χ0n) is 18.8. The molecule has 1 saturated heterocycles. The van der Waals surface area contributed by atoms with Gasteiger partial charge in [-0.15, -0.1) is 11.3 Å². The smallest absolute Gasteiger partial charge is 0.225 e. The molecular weight excluding hydrogens is 455 g/mol. The zero-order chi connectivity index (χ0) is 22.9. The van der Waals surface area contributed by atoms with Gasteiger partial charge in [-0.2, -0.15) is 4.98 Å². The van der Waals surface area contributed by atoms with Crippen LogP contribution in [-0.4, -0.2) is 36.1 Å². The van der Waals surface area contributed by atoms with Gasteiger partial charge in [0, 0.05) is 42.3 Å². The molecule has 2 aromatic heterocycles. The van der Waals surface area contributed by atoms with Gasteiger partial charge in [0.2, 0.25) is 5.28 Å². The predicted octanol–water partition coefficient (Wildman–Crippen LogP) is 6.60. The first-order valence-corrected chi connectivity index (χ1v) is 12.6. The average Bonchev–Trinajstić information content (AvgIpc) is 3.22. The van der Waals surface area contributed by atoms with Crippen LogP contribution >= 0.6 is 22.9 Å². The molecule has 1 fully saturated rings. The first-order valence-electron chi connectivity index (χ1n) is 11.4. The molecule has 1 aliphatic heterocycles. The SMILES string of the molecule is CCc1ccc(-c2c(CC)sc3nc(Cl)nc(N4CCN(c5ccc(F)cc5)CC4)c23)cc1. The number of aromatic nitrogens is 2. The highest BCUT2D eigenvalue weighted by Gasteiger charge is 2.25. The Morgan fingerprint density at radius 1 is 0.879 bits per heavy atom. The molecule has 0 N–H and O–H groups in total. The van der Waals surface area contributed by atoms with E-state index >= 15 is 0 Å². The van der Waals surface area contributed by atoms with Gasteiger partial charge in [-0.25, -0.2) is 9.37 Å². The first kappa shape index (κ1) is 22.1. The molecule has 170 valence electrons. The number of fused-ring (bicyclic) bond motifs is 1. The molecule has 0 bridgehead atoms. The molecule has 5 rings (SSSR count). The lowest BCUT2D eigenvalue weighted by Gasteiger charge is -2.37. The van der Waals surface area contributed by atoms with Crippen molar-refractivity contribution in [2.24, 2.45) is 0 Å². The minimum Gasteiger partial charge on any atom is -0.368 e. The largest absolute Gasteiger partial charge is 0.368 e. The van der Waals surface area contributed by atoms with Crippen LogP contribution in [0.5, 0.6) is 0 Å². The number of halogens is 2. The Balaban J connectivity index is 1.53. The number of thiophene rings is 1. The summed E-state index contributed by atoms with van der Waals surface area (Å²) in [6.07, 6.45) is 1.95. The number of aryl methyl sites for hydroxylation is 2. The fourth-order valence-corrected chi connectivity index (χ4v) is 5.86. The van der Waals surface area contributed by atoms with E-state index in [1.54, 1.807) is 11.3 Å². The van der Waals surface area contributed by atoms with E-state index in [0.717, 1.165) is 60.7 Å². The quantitative estimate of drug-likeness (QED) is 0.301. The van der Waals surface area contributed by atoms with Crippen LogP contribution in [-0.2, 0) is 12.8 Å². The topological polar surface area (TPSA) is 32.3 Å². The van der Waals surface area contributed by atoms with Crippen LogP contribution in [0, 0.1) is 5.82 Å². The number of anilines is 2. The molecular formula is C26H26ClFN4S. The molecule has 4 aromatic rings. The Morgan fingerprint density at radius 3 is 2.18 bits per heavy atom. The van der Waals surface area contributed by atoms with Gasteiger partial charge in [-0.1, -0.05) is 38.1 Å². The fourth-order valence-electron chi connectivity index (χ4n) is 4.52. The minimum atomic E-state index is -0.209. The molecule has 1 aliphatic rings. The molecule has 0 spiro atoms. The number of hydrogen-bond donors (Lipinski definition) is 0. The summed E-state index contributed by atoms with van der Waals surface area (Å²) in [5.41, 5.74) is 4.80. The number of piperazine rings is 1. The van der Waals surface area contributed by atoms with E-state index in [2.05, 4.69) is 52.9 Å². The molecule has 0 aliphatic carbocycles. The molecule has 33 heavy (non-hydrogen) atoms. The zero-order valence-corrected chi connectivity index (χ0v) is 20.4. The van der Waals surface area contributed by atoms with Crippen molar-refractivity contribution in [1.29, 1.82) is 0 Å². The Morgan fingerprint density at radius 2 is 1.55 bits per heavy atom. The van der Waals surface area contributed by atoms with Crippen molar-refractivity contribution in [3.63, 3.8) is 0 Å². The molecule has 7 heteroatoms. The lowest BCUT2D eigenvalue weighted by molar-refractivity contribution is 0.624. The number of nitrogens with zero attached hydrogens (tertiary/aromatic N) is 4. The van der Waals surface area contributed by atoms with E-state index < -0.39 is 0 Å². The van der Waals surface area contributed by atoms with Crippen LogP contribution in [0.1, 0.15) is 24.3 Å². The second-order valence-electron chi connectivity index (χ2n) is 8.25. The average molecular weight is 481 g/mol. The number of rotatable bonds is 5. The van der Waals surface area contributed by atoms with E-state index in [-0.39, 0.29) is 11.1 Å². The molecule has 0 amide bonds. The lowest BCUT2D eigenvalue weighted by Crippen LogP contribution is -2.47. The summed E-state index contributed by atoms with van der Waals surface area (Å²) in [4.78, 5) is 16.2. The third kappa shape index (κ3) is 4.30. The second kappa shape index (κ2) is 9.27. The molecule has 4 nitrogen and oxygen atoms in total. The van der Waals surface area contributed by atoms with Crippen LogP contribution in [0.25, 0.3) is 21.3 Å². The summed E-state index contributed by atoms with van der Waals surface area (Å²) in [7, 11) is 0. The highest BCUT2D eigenvalue weighted by Crippen LogP contribution is 2.43. The van der Waals surface area contributed by atoms with Crippen molar-refractivity contribution in [1.82, 2.24) is 9.97 Å². The first-order chi connectivity index (χ1) is 16.1. The van der Waals surface area contributed by atoms with Crippen LogP contribution < -0.4 is 9.80 Å². The van der Waals surface area contributed by atoms with Gasteiger partial charge in [0.25, 0.3) is 0 Å². The van der Waals surface area contributed by atoms with Gasteiger partial charge in [0.1, 0.15) is 16.5 Å². The summed E-state index contributed by atoms with van der Waals surface area (Å²) in [6.45, 7) is 7.65. The predicted molar refractivity (Wildman–Crippen MR) is 137 cm³/mol. The molecule has 2 aromatic carbocycles. The van der Waals surface area contributed by atoms with Crippen molar-refractivity contribution in [2.75, 3.05) is 36.0 Å². The molecule has 3 heterocycles. The van der Waals surface area contributed by atoms with Crippen LogP contribution in [0.2, 0.25) is 5.28 Å². The molecule has 0 saturated carbocycles.